The van der Waals surface area contributed by atoms with Crippen molar-refractivity contribution in [1.29, 1.82) is 0 Å². The minimum atomic E-state index is -0.577. The molecule has 2 aliphatic carbocycles. The van der Waals surface area contributed by atoms with Crippen LogP contribution in [0.3, 0.4) is 0 Å². The molecule has 0 aromatic rings. The molecule has 2 saturated carbocycles. The lowest BCUT2D eigenvalue weighted by Crippen LogP contribution is -2.71. The lowest BCUT2D eigenvalue weighted by Gasteiger charge is -2.50. The predicted molar refractivity (Wildman–Crippen MR) is 81.6 cm³/mol. The summed E-state index contributed by atoms with van der Waals surface area (Å²) in [4.78, 5) is 27.5. The molecule has 118 valence electrons. The summed E-state index contributed by atoms with van der Waals surface area (Å²) in [6, 6.07) is -0.0724. The Morgan fingerprint density at radius 2 is 1.76 bits per heavy atom. The Labute approximate surface area is 127 Å². The van der Waals surface area contributed by atoms with E-state index in [2.05, 4.69) is 19.2 Å². The van der Waals surface area contributed by atoms with Crippen LogP contribution in [0.4, 0.5) is 0 Å². The summed E-state index contributed by atoms with van der Waals surface area (Å²) in [5.41, 5.74) is -0.577. The molecule has 0 aromatic heterocycles. The first-order valence-corrected chi connectivity index (χ1v) is 8.59. The number of carbonyl (C=O) groups is 2. The van der Waals surface area contributed by atoms with E-state index in [0.717, 1.165) is 44.4 Å². The molecule has 0 radical (unpaired) electrons. The number of hydrogen-bond donors (Lipinski definition) is 1. The van der Waals surface area contributed by atoms with E-state index in [1.165, 1.54) is 6.42 Å². The van der Waals surface area contributed by atoms with Gasteiger partial charge in [0.15, 0.2) is 0 Å². The zero-order valence-electron chi connectivity index (χ0n) is 13.5. The van der Waals surface area contributed by atoms with E-state index in [1.807, 2.05) is 11.8 Å². The van der Waals surface area contributed by atoms with Crippen LogP contribution in [-0.2, 0) is 9.59 Å². The third-order valence-corrected chi connectivity index (χ3v) is 6.00. The van der Waals surface area contributed by atoms with E-state index >= 15 is 0 Å². The van der Waals surface area contributed by atoms with Crippen LogP contribution in [0.25, 0.3) is 0 Å². The Balaban J connectivity index is 1.87. The van der Waals surface area contributed by atoms with Gasteiger partial charge in [-0.3, -0.25) is 9.59 Å². The van der Waals surface area contributed by atoms with Crippen molar-refractivity contribution in [3.63, 3.8) is 0 Å². The van der Waals surface area contributed by atoms with Crippen molar-refractivity contribution in [2.75, 3.05) is 0 Å². The normalized spacial score (nSPS) is 39.7. The van der Waals surface area contributed by atoms with E-state index in [0.29, 0.717) is 5.92 Å². The number of rotatable bonds is 1. The van der Waals surface area contributed by atoms with Gasteiger partial charge in [-0.25, -0.2) is 0 Å². The highest BCUT2D eigenvalue weighted by Gasteiger charge is 2.53. The minimum absolute atomic E-state index is 0.0438. The lowest BCUT2D eigenvalue weighted by atomic mass is 9.77. The summed E-state index contributed by atoms with van der Waals surface area (Å²) in [6.45, 7) is 6.42. The van der Waals surface area contributed by atoms with Crippen molar-refractivity contribution < 1.29 is 9.59 Å². The topological polar surface area (TPSA) is 49.4 Å². The molecule has 4 heteroatoms. The van der Waals surface area contributed by atoms with Crippen molar-refractivity contribution >= 4 is 11.8 Å². The first-order chi connectivity index (χ1) is 9.94. The minimum Gasteiger partial charge on any atom is -0.340 e. The van der Waals surface area contributed by atoms with E-state index < -0.39 is 5.54 Å². The maximum absolute atomic E-state index is 13.1. The van der Waals surface area contributed by atoms with Gasteiger partial charge >= 0.3 is 0 Å². The van der Waals surface area contributed by atoms with Gasteiger partial charge in [0.05, 0.1) is 0 Å². The van der Waals surface area contributed by atoms with Gasteiger partial charge in [-0.05, 0) is 50.9 Å². The largest absolute Gasteiger partial charge is 0.340 e. The van der Waals surface area contributed by atoms with Crippen molar-refractivity contribution in [3.8, 4) is 0 Å². The molecule has 0 bridgehead atoms. The molecule has 0 aromatic carbocycles. The Morgan fingerprint density at radius 1 is 1.10 bits per heavy atom. The van der Waals surface area contributed by atoms with Crippen molar-refractivity contribution in [1.82, 2.24) is 10.2 Å². The van der Waals surface area contributed by atoms with Gasteiger partial charge in [0.25, 0.3) is 0 Å². The van der Waals surface area contributed by atoms with Gasteiger partial charge in [0, 0.05) is 6.04 Å². The maximum atomic E-state index is 13.1. The highest BCUT2D eigenvalue weighted by Crippen LogP contribution is 2.39. The summed E-state index contributed by atoms with van der Waals surface area (Å²) in [7, 11) is 0. The molecule has 1 spiro atoms. The highest BCUT2D eigenvalue weighted by atomic mass is 16.2. The molecule has 2 amide bonds. The van der Waals surface area contributed by atoms with E-state index in [1.54, 1.807) is 0 Å². The molecule has 4 nitrogen and oxygen atoms in total. The van der Waals surface area contributed by atoms with Crippen LogP contribution < -0.4 is 5.32 Å². The number of amides is 2. The number of piperazine rings is 1. The monoisotopic (exact) mass is 292 g/mol. The van der Waals surface area contributed by atoms with E-state index in [9.17, 15) is 9.59 Å². The standard InChI is InChI=1S/C17H28N2O2/c1-11-6-7-14(12(2)10-11)19-13(3)15(20)18-17(16(19)21)8-4-5-9-17/h11-14H,4-10H2,1-3H3,(H,18,20). The number of carbonyl (C=O) groups excluding carboxylic acids is 2. The molecule has 3 fully saturated rings. The molecule has 21 heavy (non-hydrogen) atoms. The smallest absolute Gasteiger partial charge is 0.249 e. The fourth-order valence-electron chi connectivity index (χ4n) is 4.76. The molecule has 1 heterocycles. The Kier molecular flexibility index (Phi) is 3.74. The van der Waals surface area contributed by atoms with Gasteiger partial charge in [-0.15, -0.1) is 0 Å². The first-order valence-electron chi connectivity index (χ1n) is 8.59. The second-order valence-corrected chi connectivity index (χ2v) is 7.63. The predicted octanol–water partition coefficient (Wildman–Crippen LogP) is 2.47. The summed E-state index contributed by atoms with van der Waals surface area (Å²) < 4.78 is 0. The van der Waals surface area contributed by atoms with Crippen LogP contribution in [0.15, 0.2) is 0 Å². The van der Waals surface area contributed by atoms with Gasteiger partial charge in [0.2, 0.25) is 11.8 Å². The number of nitrogens with zero attached hydrogens (tertiary/aromatic N) is 1. The molecule has 3 aliphatic rings. The molecular formula is C17H28N2O2. The summed E-state index contributed by atoms with van der Waals surface area (Å²) in [5, 5.41) is 3.05. The lowest BCUT2D eigenvalue weighted by molar-refractivity contribution is -0.159. The SMILES string of the molecule is CC1CCC(N2C(=O)C3(CCCC3)NC(=O)C2C)C(C)C1. The quantitative estimate of drug-likeness (QED) is 0.807. The van der Waals surface area contributed by atoms with Crippen LogP contribution in [0.2, 0.25) is 0 Å². The van der Waals surface area contributed by atoms with Crippen molar-refractivity contribution in [3.05, 3.63) is 0 Å². The van der Waals surface area contributed by atoms with Crippen LogP contribution in [0.1, 0.15) is 65.7 Å². The zero-order valence-corrected chi connectivity index (χ0v) is 13.5. The van der Waals surface area contributed by atoms with Gasteiger partial charge < -0.3 is 10.2 Å². The van der Waals surface area contributed by atoms with Crippen molar-refractivity contribution in [2.24, 2.45) is 11.8 Å². The van der Waals surface area contributed by atoms with Crippen LogP contribution in [0.5, 0.6) is 0 Å². The van der Waals surface area contributed by atoms with Crippen LogP contribution in [-0.4, -0.2) is 34.3 Å². The van der Waals surface area contributed by atoms with E-state index in [4.69, 9.17) is 0 Å². The number of hydrogen-bond acceptors (Lipinski definition) is 2. The second kappa shape index (κ2) is 5.29. The highest BCUT2D eigenvalue weighted by molar-refractivity contribution is 6.00. The molecule has 4 atom stereocenters. The van der Waals surface area contributed by atoms with Crippen molar-refractivity contribution in [2.45, 2.75) is 83.3 Å². The van der Waals surface area contributed by atoms with Crippen LogP contribution in [0, 0.1) is 11.8 Å². The summed E-state index contributed by atoms with van der Waals surface area (Å²) in [6.07, 6.45) is 7.10. The van der Waals surface area contributed by atoms with E-state index in [-0.39, 0.29) is 23.9 Å². The second-order valence-electron chi connectivity index (χ2n) is 7.63. The van der Waals surface area contributed by atoms with Gasteiger partial charge in [-0.1, -0.05) is 26.7 Å². The third-order valence-electron chi connectivity index (χ3n) is 6.00. The molecule has 3 rings (SSSR count). The van der Waals surface area contributed by atoms with Gasteiger partial charge in [0.1, 0.15) is 11.6 Å². The Morgan fingerprint density at radius 3 is 2.38 bits per heavy atom. The summed E-state index contributed by atoms with van der Waals surface area (Å²) in [5.74, 6) is 1.46. The molecular weight excluding hydrogens is 264 g/mol. The average molecular weight is 292 g/mol. The molecule has 4 unspecified atom stereocenters. The fraction of sp³-hybridized carbons (Fsp3) is 0.882. The summed E-state index contributed by atoms with van der Waals surface area (Å²) >= 11 is 0. The third kappa shape index (κ3) is 2.36. The van der Waals surface area contributed by atoms with Crippen LogP contribution >= 0.6 is 0 Å². The van der Waals surface area contributed by atoms with Gasteiger partial charge in [-0.2, -0.15) is 0 Å². The molecule has 1 saturated heterocycles. The average Bonchev–Trinajstić information content (AvgIpc) is 2.89. The first kappa shape index (κ1) is 14.9. The fourth-order valence-corrected chi connectivity index (χ4v) is 4.76. The maximum Gasteiger partial charge on any atom is 0.249 e. The molecule has 1 aliphatic heterocycles. The molecule has 1 N–H and O–H groups in total. The number of nitrogens with one attached hydrogen (secondary N) is 1. The Hall–Kier alpha value is -1.06. The zero-order chi connectivity index (χ0) is 15.2. The Bertz CT molecular complexity index is 442.